The van der Waals surface area contributed by atoms with Gasteiger partial charge in [-0.05, 0) is 59.2 Å². The highest BCUT2D eigenvalue weighted by Crippen LogP contribution is 2.45. The molecule has 0 radical (unpaired) electrons. The number of carbonyl (C=O) groups excluding carboxylic acids is 1. The Morgan fingerprint density at radius 2 is 1.62 bits per heavy atom. The van der Waals surface area contributed by atoms with Crippen LogP contribution in [0.4, 0.5) is 0 Å². The van der Waals surface area contributed by atoms with E-state index in [-0.39, 0.29) is 17.1 Å². The van der Waals surface area contributed by atoms with Crippen LogP contribution in [0.3, 0.4) is 0 Å². The topological polar surface area (TPSA) is 29.5 Å². The van der Waals surface area contributed by atoms with E-state index in [1.54, 1.807) is 0 Å². The van der Waals surface area contributed by atoms with Crippen LogP contribution in [-0.2, 0) is 15.1 Å². The number of aryl methyl sites for hydroxylation is 1. The molecule has 0 saturated heterocycles. The van der Waals surface area contributed by atoms with Crippen molar-refractivity contribution in [3.63, 3.8) is 0 Å². The molecule has 0 amide bonds. The Morgan fingerprint density at radius 1 is 1.10 bits per heavy atom. The first-order valence-electron chi connectivity index (χ1n) is 7.72. The number of ether oxygens (including phenoxy) is 1. The van der Waals surface area contributed by atoms with Gasteiger partial charge in [-0.2, -0.15) is 0 Å². The minimum atomic E-state index is -0.309. The molecular weight excluding hydrogens is 262 g/mol. The van der Waals surface area contributed by atoms with E-state index in [9.17, 15) is 4.79 Å². The summed E-state index contributed by atoms with van der Waals surface area (Å²) in [6.07, 6.45) is 3.82. The maximum absolute atomic E-state index is 11.3. The molecule has 0 atom stereocenters. The lowest BCUT2D eigenvalue weighted by Crippen LogP contribution is -2.49. The molecule has 0 heterocycles. The fraction of sp³-hybridized carbons (Fsp3) is 0.611. The Hall–Kier alpha value is -1.35. The zero-order chi connectivity index (χ0) is 15.7. The van der Waals surface area contributed by atoms with Crippen molar-refractivity contribution >= 4 is 5.97 Å². The number of nitrogens with zero attached hydrogens (tertiary/aromatic N) is 1. The first-order chi connectivity index (χ1) is 9.77. The van der Waals surface area contributed by atoms with Crippen LogP contribution in [0.2, 0.25) is 0 Å². The summed E-state index contributed by atoms with van der Waals surface area (Å²) in [6.45, 7) is 5.67. The number of hydrogen-bond donors (Lipinski definition) is 0. The Morgan fingerprint density at radius 3 is 2.05 bits per heavy atom. The second-order valence-electron chi connectivity index (χ2n) is 6.84. The van der Waals surface area contributed by atoms with Gasteiger partial charge in [0.25, 0.3) is 0 Å². The second-order valence-corrected chi connectivity index (χ2v) is 6.84. The highest BCUT2D eigenvalue weighted by atomic mass is 16.6. The molecule has 0 unspecified atom stereocenters. The molecule has 0 aliphatic heterocycles. The summed E-state index contributed by atoms with van der Waals surface area (Å²) in [6, 6.07) is 8.84. The molecule has 21 heavy (non-hydrogen) atoms. The van der Waals surface area contributed by atoms with Crippen LogP contribution >= 0.6 is 0 Å². The molecule has 1 fully saturated rings. The molecule has 1 aromatic rings. The second kappa shape index (κ2) is 5.80. The van der Waals surface area contributed by atoms with E-state index in [4.69, 9.17) is 4.74 Å². The quantitative estimate of drug-likeness (QED) is 0.796. The van der Waals surface area contributed by atoms with E-state index in [2.05, 4.69) is 57.1 Å². The molecule has 1 saturated carbocycles. The lowest BCUT2D eigenvalue weighted by atomic mass is 9.70. The molecule has 1 aromatic carbocycles. The van der Waals surface area contributed by atoms with Gasteiger partial charge in [0, 0.05) is 12.5 Å². The van der Waals surface area contributed by atoms with Crippen LogP contribution in [0.25, 0.3) is 0 Å². The highest BCUT2D eigenvalue weighted by molar-refractivity contribution is 5.66. The Balaban J connectivity index is 2.23. The van der Waals surface area contributed by atoms with Crippen molar-refractivity contribution in [3.05, 3.63) is 35.4 Å². The minimum absolute atomic E-state index is 0.0490. The maximum Gasteiger partial charge on any atom is 0.303 e. The maximum atomic E-state index is 11.3. The van der Waals surface area contributed by atoms with Crippen molar-refractivity contribution in [1.82, 2.24) is 4.90 Å². The zero-order valence-corrected chi connectivity index (χ0v) is 13.9. The van der Waals surface area contributed by atoms with E-state index in [0.717, 1.165) is 25.7 Å². The van der Waals surface area contributed by atoms with E-state index in [0.29, 0.717) is 0 Å². The third-order valence-corrected chi connectivity index (χ3v) is 4.97. The third kappa shape index (κ3) is 3.29. The SMILES string of the molecule is CC(=O)OC1(C)CCC(c2ccc(C)cc2)(N(C)C)CC1. The van der Waals surface area contributed by atoms with Crippen molar-refractivity contribution in [2.45, 2.75) is 57.6 Å². The van der Waals surface area contributed by atoms with E-state index in [1.807, 2.05) is 0 Å². The average Bonchev–Trinajstić information content (AvgIpc) is 2.39. The van der Waals surface area contributed by atoms with Crippen LogP contribution in [0.5, 0.6) is 0 Å². The Kier molecular flexibility index (Phi) is 4.43. The van der Waals surface area contributed by atoms with Gasteiger partial charge in [0.2, 0.25) is 0 Å². The van der Waals surface area contributed by atoms with Crippen molar-refractivity contribution in [1.29, 1.82) is 0 Å². The first kappa shape index (κ1) is 16.0. The number of carbonyl (C=O) groups is 1. The largest absolute Gasteiger partial charge is 0.460 e. The lowest BCUT2D eigenvalue weighted by Gasteiger charge is -2.48. The average molecular weight is 289 g/mol. The molecule has 0 aromatic heterocycles. The summed E-state index contributed by atoms with van der Waals surface area (Å²) in [7, 11) is 4.29. The van der Waals surface area contributed by atoms with Crippen molar-refractivity contribution in [2.24, 2.45) is 0 Å². The van der Waals surface area contributed by atoms with Gasteiger partial charge in [-0.3, -0.25) is 9.69 Å². The highest BCUT2D eigenvalue weighted by Gasteiger charge is 2.44. The van der Waals surface area contributed by atoms with Gasteiger partial charge in [0.15, 0.2) is 0 Å². The monoisotopic (exact) mass is 289 g/mol. The molecule has 2 rings (SSSR count). The van der Waals surface area contributed by atoms with Crippen LogP contribution in [0, 0.1) is 6.92 Å². The lowest BCUT2D eigenvalue weighted by molar-refractivity contribution is -0.161. The van der Waals surface area contributed by atoms with Gasteiger partial charge < -0.3 is 4.74 Å². The number of esters is 1. The van der Waals surface area contributed by atoms with E-state index in [1.165, 1.54) is 18.1 Å². The number of benzene rings is 1. The Bertz CT molecular complexity index is 496. The summed E-state index contributed by atoms with van der Waals surface area (Å²) < 4.78 is 5.55. The summed E-state index contributed by atoms with van der Waals surface area (Å²) >= 11 is 0. The van der Waals surface area contributed by atoms with Crippen molar-refractivity contribution in [3.8, 4) is 0 Å². The predicted molar refractivity (Wildman–Crippen MR) is 85.2 cm³/mol. The van der Waals surface area contributed by atoms with Gasteiger partial charge in [0.05, 0.1) is 0 Å². The fourth-order valence-corrected chi connectivity index (χ4v) is 3.50. The molecule has 3 heteroatoms. The number of rotatable bonds is 3. The molecule has 116 valence electrons. The summed E-state index contributed by atoms with van der Waals surface area (Å²) in [5.41, 5.74) is 2.39. The van der Waals surface area contributed by atoms with Crippen molar-refractivity contribution < 1.29 is 9.53 Å². The standard InChI is InChI=1S/C18H27NO2/c1-14-6-8-16(9-7-14)18(19(4)5)12-10-17(3,11-13-18)21-15(2)20/h6-9H,10-13H2,1-5H3. The summed E-state index contributed by atoms with van der Waals surface area (Å²) in [4.78, 5) is 13.6. The van der Waals surface area contributed by atoms with Crippen LogP contribution in [0.1, 0.15) is 50.7 Å². The summed E-state index contributed by atoms with van der Waals surface area (Å²) in [5.74, 6) is -0.176. The first-order valence-corrected chi connectivity index (χ1v) is 7.72. The van der Waals surface area contributed by atoms with Crippen molar-refractivity contribution in [2.75, 3.05) is 14.1 Å². The smallest absolute Gasteiger partial charge is 0.303 e. The van der Waals surface area contributed by atoms with Gasteiger partial charge >= 0.3 is 5.97 Å². The molecule has 0 bridgehead atoms. The Labute approximate surface area is 128 Å². The van der Waals surface area contributed by atoms with Crippen LogP contribution < -0.4 is 0 Å². The molecule has 0 spiro atoms. The fourth-order valence-electron chi connectivity index (χ4n) is 3.50. The third-order valence-electron chi connectivity index (χ3n) is 4.97. The minimum Gasteiger partial charge on any atom is -0.460 e. The zero-order valence-electron chi connectivity index (χ0n) is 13.9. The van der Waals surface area contributed by atoms with E-state index < -0.39 is 0 Å². The molecule has 1 aliphatic carbocycles. The summed E-state index contributed by atoms with van der Waals surface area (Å²) in [5, 5.41) is 0. The van der Waals surface area contributed by atoms with Gasteiger partial charge in [-0.25, -0.2) is 0 Å². The number of hydrogen-bond acceptors (Lipinski definition) is 3. The molecular formula is C18H27NO2. The van der Waals surface area contributed by atoms with Crippen LogP contribution in [0.15, 0.2) is 24.3 Å². The predicted octanol–water partition coefficient (Wildman–Crippen LogP) is 3.65. The molecule has 3 nitrogen and oxygen atoms in total. The van der Waals surface area contributed by atoms with Gasteiger partial charge in [-0.15, -0.1) is 0 Å². The normalized spacial score (nSPS) is 29.4. The molecule has 1 aliphatic rings. The van der Waals surface area contributed by atoms with Gasteiger partial charge in [0.1, 0.15) is 5.60 Å². The molecule has 0 N–H and O–H groups in total. The van der Waals surface area contributed by atoms with E-state index >= 15 is 0 Å². The van der Waals surface area contributed by atoms with Crippen LogP contribution in [-0.4, -0.2) is 30.6 Å². The van der Waals surface area contributed by atoms with Gasteiger partial charge in [-0.1, -0.05) is 29.8 Å².